The Kier molecular flexibility index (Phi) is 4.19. The third kappa shape index (κ3) is 2.85. The molecule has 4 atom stereocenters. The van der Waals surface area contributed by atoms with E-state index in [1.807, 2.05) is 0 Å². The number of hydrogen-bond donors (Lipinski definition) is 2. The van der Waals surface area contributed by atoms with Crippen LogP contribution in [0.2, 0.25) is 0 Å². The van der Waals surface area contributed by atoms with Gasteiger partial charge >= 0.3 is 0 Å². The Bertz CT molecular complexity index is 298. The normalized spacial score (nSPS) is 38.5. The van der Waals surface area contributed by atoms with Crippen molar-refractivity contribution in [2.45, 2.75) is 70.8 Å². The molecule has 110 valence electrons. The van der Waals surface area contributed by atoms with Crippen LogP contribution in [0.1, 0.15) is 64.7 Å². The summed E-state index contributed by atoms with van der Waals surface area (Å²) in [4.78, 5) is 0. The van der Waals surface area contributed by atoms with Gasteiger partial charge in [-0.2, -0.15) is 0 Å². The number of aliphatic hydroxyl groups excluding tert-OH is 1. The van der Waals surface area contributed by atoms with Crippen LogP contribution in [0.25, 0.3) is 0 Å². The standard InChI is InChI=1S/C17H31NO/c1-13(16-10-14-5-6-15(16)9-14)18-11-17(12-19)7-3-2-4-8-17/h13-16,18-19H,2-12H2,1H3. The first-order valence-electron chi connectivity index (χ1n) is 8.57. The third-order valence-corrected chi connectivity index (χ3v) is 6.48. The lowest BCUT2D eigenvalue weighted by Crippen LogP contribution is -2.45. The minimum absolute atomic E-state index is 0.199. The highest BCUT2D eigenvalue weighted by atomic mass is 16.3. The second kappa shape index (κ2) is 5.73. The molecule has 3 rings (SSSR count). The molecule has 19 heavy (non-hydrogen) atoms. The van der Waals surface area contributed by atoms with Crippen LogP contribution >= 0.6 is 0 Å². The molecular weight excluding hydrogens is 234 g/mol. The molecule has 0 saturated heterocycles. The van der Waals surface area contributed by atoms with Gasteiger partial charge in [0.05, 0.1) is 0 Å². The van der Waals surface area contributed by atoms with Gasteiger partial charge in [0.2, 0.25) is 0 Å². The van der Waals surface area contributed by atoms with E-state index in [4.69, 9.17) is 0 Å². The van der Waals surface area contributed by atoms with Crippen molar-refractivity contribution in [2.75, 3.05) is 13.2 Å². The average molecular weight is 265 g/mol. The molecule has 0 amide bonds. The highest BCUT2D eigenvalue weighted by molar-refractivity contribution is 4.95. The van der Waals surface area contributed by atoms with Crippen LogP contribution in [0.4, 0.5) is 0 Å². The third-order valence-electron chi connectivity index (χ3n) is 6.48. The van der Waals surface area contributed by atoms with Crippen molar-refractivity contribution in [3.8, 4) is 0 Å². The molecule has 2 bridgehead atoms. The highest BCUT2D eigenvalue weighted by Gasteiger charge is 2.42. The van der Waals surface area contributed by atoms with E-state index >= 15 is 0 Å². The first-order valence-corrected chi connectivity index (χ1v) is 8.57. The zero-order chi connectivity index (χ0) is 13.3. The Labute approximate surface area is 118 Å². The second-order valence-electron chi connectivity index (χ2n) is 7.73. The first kappa shape index (κ1) is 13.9. The summed E-state index contributed by atoms with van der Waals surface area (Å²) < 4.78 is 0. The van der Waals surface area contributed by atoms with Gasteiger partial charge in [-0.15, -0.1) is 0 Å². The van der Waals surface area contributed by atoms with Crippen molar-refractivity contribution in [1.82, 2.24) is 5.32 Å². The van der Waals surface area contributed by atoms with E-state index in [1.54, 1.807) is 0 Å². The van der Waals surface area contributed by atoms with Gasteiger partial charge in [-0.1, -0.05) is 25.7 Å². The number of rotatable bonds is 5. The van der Waals surface area contributed by atoms with Crippen molar-refractivity contribution in [3.63, 3.8) is 0 Å². The molecule has 0 aromatic heterocycles. The van der Waals surface area contributed by atoms with Crippen LogP contribution in [-0.2, 0) is 0 Å². The summed E-state index contributed by atoms with van der Waals surface area (Å²) in [6.45, 7) is 3.81. The maximum absolute atomic E-state index is 9.78. The molecule has 2 heteroatoms. The molecule has 2 N–H and O–H groups in total. The quantitative estimate of drug-likeness (QED) is 0.799. The van der Waals surface area contributed by atoms with Gasteiger partial charge in [-0.25, -0.2) is 0 Å². The summed E-state index contributed by atoms with van der Waals surface area (Å²) in [5.41, 5.74) is 0.199. The zero-order valence-corrected chi connectivity index (χ0v) is 12.5. The minimum Gasteiger partial charge on any atom is -0.396 e. The minimum atomic E-state index is 0.199. The lowest BCUT2D eigenvalue weighted by atomic mass is 9.74. The van der Waals surface area contributed by atoms with E-state index < -0.39 is 0 Å². The monoisotopic (exact) mass is 265 g/mol. The summed E-state index contributed by atoms with van der Waals surface area (Å²) in [7, 11) is 0. The Balaban J connectivity index is 1.50. The van der Waals surface area contributed by atoms with Gasteiger partial charge in [0.25, 0.3) is 0 Å². The molecule has 3 aliphatic carbocycles. The summed E-state index contributed by atoms with van der Waals surface area (Å²) in [5.74, 6) is 2.96. The van der Waals surface area contributed by atoms with Gasteiger partial charge in [-0.3, -0.25) is 0 Å². The van der Waals surface area contributed by atoms with Gasteiger partial charge in [0, 0.05) is 24.6 Å². The lowest BCUT2D eigenvalue weighted by Gasteiger charge is -2.38. The zero-order valence-electron chi connectivity index (χ0n) is 12.5. The van der Waals surface area contributed by atoms with E-state index in [2.05, 4.69) is 12.2 Å². The Hall–Kier alpha value is -0.0800. The smallest absolute Gasteiger partial charge is 0.0499 e. The van der Waals surface area contributed by atoms with Crippen molar-refractivity contribution in [2.24, 2.45) is 23.2 Å². The first-order chi connectivity index (χ1) is 9.22. The van der Waals surface area contributed by atoms with Crippen LogP contribution in [-0.4, -0.2) is 24.3 Å². The predicted molar refractivity (Wildman–Crippen MR) is 79.0 cm³/mol. The summed E-state index contributed by atoms with van der Waals surface area (Å²) in [6.07, 6.45) is 12.4. The topological polar surface area (TPSA) is 32.3 Å². The summed E-state index contributed by atoms with van der Waals surface area (Å²) >= 11 is 0. The predicted octanol–water partition coefficient (Wildman–Crippen LogP) is 3.34. The summed E-state index contributed by atoms with van der Waals surface area (Å²) in [5, 5.41) is 13.6. The fraction of sp³-hybridized carbons (Fsp3) is 1.00. The molecule has 0 aromatic rings. The molecule has 3 fully saturated rings. The largest absolute Gasteiger partial charge is 0.396 e. The number of nitrogens with one attached hydrogen (secondary N) is 1. The number of hydrogen-bond acceptors (Lipinski definition) is 2. The van der Waals surface area contributed by atoms with Crippen LogP contribution in [0.15, 0.2) is 0 Å². The fourth-order valence-corrected chi connectivity index (χ4v) is 5.13. The van der Waals surface area contributed by atoms with Crippen molar-refractivity contribution < 1.29 is 5.11 Å². The Morgan fingerprint density at radius 2 is 1.95 bits per heavy atom. The maximum Gasteiger partial charge on any atom is 0.0499 e. The van der Waals surface area contributed by atoms with Crippen molar-refractivity contribution in [1.29, 1.82) is 0 Å². The van der Waals surface area contributed by atoms with Gasteiger partial charge in [0.15, 0.2) is 0 Å². The lowest BCUT2D eigenvalue weighted by molar-refractivity contribution is 0.0745. The van der Waals surface area contributed by atoms with Crippen LogP contribution < -0.4 is 5.32 Å². The molecule has 4 unspecified atom stereocenters. The van der Waals surface area contributed by atoms with Crippen molar-refractivity contribution >= 4 is 0 Å². The molecule has 0 aliphatic heterocycles. The van der Waals surface area contributed by atoms with Crippen LogP contribution in [0.5, 0.6) is 0 Å². The molecule has 0 spiro atoms. The van der Waals surface area contributed by atoms with Gasteiger partial charge in [0.1, 0.15) is 0 Å². The van der Waals surface area contributed by atoms with Crippen LogP contribution in [0.3, 0.4) is 0 Å². The highest BCUT2D eigenvalue weighted by Crippen LogP contribution is 2.49. The fourth-order valence-electron chi connectivity index (χ4n) is 5.13. The molecule has 0 aromatic carbocycles. The van der Waals surface area contributed by atoms with Crippen molar-refractivity contribution in [3.05, 3.63) is 0 Å². The molecule has 3 aliphatic rings. The van der Waals surface area contributed by atoms with E-state index in [1.165, 1.54) is 57.8 Å². The van der Waals surface area contributed by atoms with Gasteiger partial charge < -0.3 is 10.4 Å². The van der Waals surface area contributed by atoms with E-state index in [9.17, 15) is 5.11 Å². The molecule has 0 heterocycles. The molecular formula is C17H31NO. The second-order valence-corrected chi connectivity index (χ2v) is 7.73. The summed E-state index contributed by atoms with van der Waals surface area (Å²) in [6, 6.07) is 0.653. The average Bonchev–Trinajstić information content (AvgIpc) is 3.08. The van der Waals surface area contributed by atoms with E-state index in [-0.39, 0.29) is 5.41 Å². The van der Waals surface area contributed by atoms with E-state index in [0.717, 1.165) is 24.3 Å². The van der Waals surface area contributed by atoms with Crippen LogP contribution in [0, 0.1) is 23.2 Å². The maximum atomic E-state index is 9.78. The number of fused-ring (bicyclic) bond motifs is 2. The molecule has 2 nitrogen and oxygen atoms in total. The molecule has 3 saturated carbocycles. The Morgan fingerprint density at radius 3 is 2.53 bits per heavy atom. The van der Waals surface area contributed by atoms with E-state index in [0.29, 0.717) is 12.6 Å². The number of aliphatic hydroxyl groups is 1. The SMILES string of the molecule is CC(NCC1(CO)CCCCC1)C1CC2CCC1C2. The van der Waals surface area contributed by atoms with Gasteiger partial charge in [-0.05, 0) is 56.8 Å². The Morgan fingerprint density at radius 1 is 1.16 bits per heavy atom. The molecule has 0 radical (unpaired) electrons.